The van der Waals surface area contributed by atoms with Crippen LogP contribution in [-0.4, -0.2) is 37.6 Å². The van der Waals surface area contributed by atoms with Crippen LogP contribution in [-0.2, 0) is 10.0 Å². The number of carbonyl (C=O) groups is 2. The number of benzene rings is 3. The molecule has 0 radical (unpaired) electrons. The fourth-order valence-corrected chi connectivity index (χ4v) is 6.12. The monoisotopic (exact) mass is 545 g/mol. The Hall–Kier alpha value is -2.91. The zero-order valence-corrected chi connectivity index (χ0v) is 21.7. The standard InChI is InChI=1S/C26H25Cl2N3O4S/c27-19-10-12-20(13-11-19)29-26(33)21-7-3-4-8-23(21)30-25(32)18-9-14-22(28)24(17-18)36(34,35)31-15-5-1-2-6-16-31/h3-4,7-14,17H,1-2,5-6,15-16H2,(H,29,33)(H,30,32). The fourth-order valence-electron chi connectivity index (χ4n) is 3.98. The van der Waals surface area contributed by atoms with Gasteiger partial charge in [-0.25, -0.2) is 8.42 Å². The van der Waals surface area contributed by atoms with Gasteiger partial charge in [-0.15, -0.1) is 0 Å². The normalized spacial score (nSPS) is 14.6. The van der Waals surface area contributed by atoms with Gasteiger partial charge in [-0.3, -0.25) is 9.59 Å². The molecular formula is C26H25Cl2N3O4S. The largest absolute Gasteiger partial charge is 0.322 e. The van der Waals surface area contributed by atoms with E-state index in [1.54, 1.807) is 48.5 Å². The minimum absolute atomic E-state index is 0.0542. The molecule has 188 valence electrons. The van der Waals surface area contributed by atoms with Crippen molar-refractivity contribution in [1.29, 1.82) is 0 Å². The first-order valence-electron chi connectivity index (χ1n) is 11.5. The van der Waals surface area contributed by atoms with Crippen molar-refractivity contribution in [3.05, 3.63) is 87.9 Å². The maximum absolute atomic E-state index is 13.3. The second-order valence-corrected chi connectivity index (χ2v) is 11.2. The topological polar surface area (TPSA) is 95.6 Å². The number of para-hydroxylation sites is 1. The fraction of sp³-hybridized carbons (Fsp3) is 0.231. The van der Waals surface area contributed by atoms with E-state index in [1.807, 2.05) is 0 Å². The Labute approximate surface area is 220 Å². The van der Waals surface area contributed by atoms with Crippen LogP contribution >= 0.6 is 23.2 Å². The van der Waals surface area contributed by atoms with Crippen LogP contribution in [0.3, 0.4) is 0 Å². The minimum atomic E-state index is -3.86. The summed E-state index contributed by atoms with van der Waals surface area (Å²) in [6, 6.07) is 17.3. The van der Waals surface area contributed by atoms with E-state index in [0.29, 0.717) is 23.8 Å². The van der Waals surface area contributed by atoms with E-state index < -0.39 is 21.8 Å². The summed E-state index contributed by atoms with van der Waals surface area (Å²) in [7, 11) is -3.86. The minimum Gasteiger partial charge on any atom is -0.322 e. The predicted octanol–water partition coefficient (Wildman–Crippen LogP) is 6.06. The highest BCUT2D eigenvalue weighted by atomic mass is 35.5. The average Bonchev–Trinajstić information content (AvgIpc) is 3.16. The number of rotatable bonds is 6. The van der Waals surface area contributed by atoms with Gasteiger partial charge in [-0.2, -0.15) is 4.31 Å². The molecule has 36 heavy (non-hydrogen) atoms. The molecule has 0 bridgehead atoms. The van der Waals surface area contributed by atoms with E-state index >= 15 is 0 Å². The highest BCUT2D eigenvalue weighted by molar-refractivity contribution is 7.89. The lowest BCUT2D eigenvalue weighted by Crippen LogP contribution is -2.32. The van der Waals surface area contributed by atoms with Gasteiger partial charge in [0.1, 0.15) is 4.90 Å². The molecule has 0 unspecified atom stereocenters. The van der Waals surface area contributed by atoms with Crippen molar-refractivity contribution in [3.8, 4) is 0 Å². The molecule has 2 amide bonds. The summed E-state index contributed by atoms with van der Waals surface area (Å²) >= 11 is 12.2. The number of nitrogens with one attached hydrogen (secondary N) is 2. The summed E-state index contributed by atoms with van der Waals surface area (Å²) in [4.78, 5) is 25.9. The van der Waals surface area contributed by atoms with Crippen LogP contribution in [0.5, 0.6) is 0 Å². The average molecular weight is 546 g/mol. The number of carbonyl (C=O) groups excluding carboxylic acids is 2. The van der Waals surface area contributed by atoms with Gasteiger partial charge in [0.2, 0.25) is 10.0 Å². The first kappa shape index (κ1) is 26.2. The van der Waals surface area contributed by atoms with Gasteiger partial charge in [0.15, 0.2) is 0 Å². The summed E-state index contributed by atoms with van der Waals surface area (Å²) in [5.74, 6) is -0.987. The Bertz CT molecular complexity index is 1370. The molecule has 0 aromatic heterocycles. The molecule has 0 atom stereocenters. The van der Waals surface area contributed by atoms with Gasteiger partial charge >= 0.3 is 0 Å². The number of nitrogens with zero attached hydrogens (tertiary/aromatic N) is 1. The van der Waals surface area contributed by atoms with E-state index in [4.69, 9.17) is 23.2 Å². The van der Waals surface area contributed by atoms with E-state index in [0.717, 1.165) is 25.7 Å². The number of halogens is 2. The number of sulfonamides is 1. The second kappa shape index (κ2) is 11.4. The molecule has 1 fully saturated rings. The van der Waals surface area contributed by atoms with E-state index in [9.17, 15) is 18.0 Å². The lowest BCUT2D eigenvalue weighted by atomic mass is 10.1. The Balaban J connectivity index is 1.56. The quantitative estimate of drug-likeness (QED) is 0.393. The number of hydrogen-bond acceptors (Lipinski definition) is 4. The highest BCUT2D eigenvalue weighted by Gasteiger charge is 2.28. The van der Waals surface area contributed by atoms with Crippen molar-refractivity contribution >= 4 is 56.4 Å². The van der Waals surface area contributed by atoms with Crippen LogP contribution in [0, 0.1) is 0 Å². The third kappa shape index (κ3) is 6.07. The summed E-state index contributed by atoms with van der Waals surface area (Å²) in [5, 5.41) is 6.08. The molecule has 1 heterocycles. The zero-order valence-electron chi connectivity index (χ0n) is 19.3. The third-order valence-corrected chi connectivity index (χ3v) is 8.53. The van der Waals surface area contributed by atoms with Crippen LogP contribution in [0.15, 0.2) is 71.6 Å². The summed E-state index contributed by atoms with van der Waals surface area (Å²) in [5.41, 5.74) is 1.18. The molecule has 7 nitrogen and oxygen atoms in total. The van der Waals surface area contributed by atoms with Gasteiger partial charge in [0.05, 0.1) is 16.3 Å². The number of amides is 2. The molecule has 4 rings (SSSR count). The predicted molar refractivity (Wildman–Crippen MR) is 142 cm³/mol. The molecule has 0 spiro atoms. The van der Waals surface area contributed by atoms with Crippen LogP contribution in [0.1, 0.15) is 46.4 Å². The molecule has 10 heteroatoms. The smallest absolute Gasteiger partial charge is 0.257 e. The molecule has 2 N–H and O–H groups in total. The highest BCUT2D eigenvalue weighted by Crippen LogP contribution is 2.28. The van der Waals surface area contributed by atoms with Crippen LogP contribution in [0.25, 0.3) is 0 Å². The first-order valence-corrected chi connectivity index (χ1v) is 13.7. The van der Waals surface area contributed by atoms with Gasteiger partial charge < -0.3 is 10.6 Å². The Morgan fingerprint density at radius 1 is 0.778 bits per heavy atom. The molecule has 3 aromatic rings. The number of hydrogen-bond donors (Lipinski definition) is 2. The lowest BCUT2D eigenvalue weighted by Gasteiger charge is -2.21. The maximum Gasteiger partial charge on any atom is 0.257 e. The van der Waals surface area contributed by atoms with Crippen molar-refractivity contribution in [1.82, 2.24) is 4.31 Å². The molecule has 0 aliphatic carbocycles. The third-order valence-electron chi connectivity index (χ3n) is 5.90. The molecule has 1 aliphatic heterocycles. The summed E-state index contributed by atoms with van der Waals surface area (Å²) in [6.45, 7) is 0.844. The van der Waals surface area contributed by atoms with Crippen molar-refractivity contribution < 1.29 is 18.0 Å². The van der Waals surface area contributed by atoms with E-state index in [1.165, 1.54) is 22.5 Å². The Kier molecular flexibility index (Phi) is 8.31. The molecule has 1 saturated heterocycles. The van der Waals surface area contributed by atoms with Gasteiger partial charge in [-0.05, 0) is 67.4 Å². The van der Waals surface area contributed by atoms with Gasteiger partial charge in [-0.1, -0.05) is 48.2 Å². The molecule has 0 saturated carbocycles. The van der Waals surface area contributed by atoms with Crippen molar-refractivity contribution in [2.75, 3.05) is 23.7 Å². The molecule has 3 aromatic carbocycles. The SMILES string of the molecule is O=C(Nc1ccccc1C(=O)Nc1ccc(Cl)cc1)c1ccc(Cl)c(S(=O)(=O)N2CCCCCC2)c1. The van der Waals surface area contributed by atoms with Crippen molar-refractivity contribution in [3.63, 3.8) is 0 Å². The number of anilines is 2. The zero-order chi connectivity index (χ0) is 25.7. The van der Waals surface area contributed by atoms with Crippen molar-refractivity contribution in [2.45, 2.75) is 30.6 Å². The summed E-state index contributed by atoms with van der Waals surface area (Å²) in [6.07, 6.45) is 3.53. The molecule has 1 aliphatic rings. The van der Waals surface area contributed by atoms with Crippen molar-refractivity contribution in [2.24, 2.45) is 0 Å². The Morgan fingerprint density at radius 3 is 2.14 bits per heavy atom. The van der Waals surface area contributed by atoms with E-state index in [2.05, 4.69) is 10.6 Å². The van der Waals surface area contributed by atoms with Gasteiger partial charge in [0, 0.05) is 29.4 Å². The second-order valence-electron chi connectivity index (χ2n) is 8.42. The summed E-state index contributed by atoms with van der Waals surface area (Å²) < 4.78 is 28.0. The Morgan fingerprint density at radius 2 is 1.44 bits per heavy atom. The van der Waals surface area contributed by atoms with Crippen LogP contribution in [0.4, 0.5) is 11.4 Å². The van der Waals surface area contributed by atoms with Gasteiger partial charge in [0.25, 0.3) is 11.8 Å². The lowest BCUT2D eigenvalue weighted by molar-refractivity contribution is 0.102. The first-order chi connectivity index (χ1) is 17.3. The maximum atomic E-state index is 13.3. The van der Waals surface area contributed by atoms with Crippen LogP contribution in [0.2, 0.25) is 10.0 Å². The van der Waals surface area contributed by atoms with Crippen LogP contribution < -0.4 is 10.6 Å². The van der Waals surface area contributed by atoms with E-state index in [-0.39, 0.29) is 26.7 Å². The molecular weight excluding hydrogens is 521 g/mol.